The van der Waals surface area contributed by atoms with Crippen molar-refractivity contribution in [1.82, 2.24) is 5.32 Å². The van der Waals surface area contributed by atoms with Gasteiger partial charge >= 0.3 is 0 Å². The maximum absolute atomic E-state index is 13.3. The highest BCUT2D eigenvalue weighted by Crippen LogP contribution is 2.33. The molecule has 0 aromatic heterocycles. The highest BCUT2D eigenvalue weighted by molar-refractivity contribution is 5.76. The second-order valence-corrected chi connectivity index (χ2v) is 25.3. The van der Waals surface area contributed by atoms with E-state index in [9.17, 15) is 61.0 Å². The lowest BCUT2D eigenvalue weighted by Gasteiger charge is -2.48. The fourth-order valence-electron chi connectivity index (χ4n) is 11.9. The molecule has 0 bridgehead atoms. The Labute approximate surface area is 530 Å². The molecule has 3 aliphatic rings. The number of carbonyl (C=O) groups is 1. The van der Waals surface area contributed by atoms with Gasteiger partial charge in [0.1, 0.15) is 73.2 Å². The molecule has 0 aromatic rings. The number of hydrogen-bond donors (Lipinski definition) is 12. The van der Waals surface area contributed by atoms with Crippen LogP contribution in [0.15, 0.2) is 36.5 Å². The largest absolute Gasteiger partial charge is 0.394 e. The van der Waals surface area contributed by atoms with E-state index in [2.05, 4.69) is 43.5 Å². The smallest absolute Gasteiger partial charge is 0.220 e. The third-order valence-corrected chi connectivity index (χ3v) is 17.7. The molecular weight excluding hydrogens is 1130 g/mol. The second-order valence-electron chi connectivity index (χ2n) is 25.3. The molecule has 0 radical (unpaired) electrons. The predicted octanol–water partition coefficient (Wildman–Crippen LogP) is 9.22. The summed E-state index contributed by atoms with van der Waals surface area (Å²) in [5.74, 6) is -0.275. The van der Waals surface area contributed by atoms with E-state index >= 15 is 0 Å². The lowest BCUT2D eigenvalue weighted by Crippen LogP contribution is -2.66. The first-order chi connectivity index (χ1) is 42.8. The fraction of sp³-hybridized carbons (Fsp3) is 0.899. The number of hydrogen-bond acceptors (Lipinski definition) is 18. The van der Waals surface area contributed by atoms with Crippen LogP contribution in [0, 0.1) is 0 Å². The average molecular weight is 1260 g/mol. The number of unbranched alkanes of at least 4 members (excludes halogenated alkanes) is 34. The van der Waals surface area contributed by atoms with Gasteiger partial charge in [-0.05, 0) is 51.4 Å². The van der Waals surface area contributed by atoms with Crippen LogP contribution in [-0.4, -0.2) is 193 Å². The van der Waals surface area contributed by atoms with Gasteiger partial charge in [0, 0.05) is 6.42 Å². The van der Waals surface area contributed by atoms with E-state index in [1.165, 1.54) is 180 Å². The summed E-state index contributed by atoms with van der Waals surface area (Å²) in [5, 5.41) is 120. The number of rotatable bonds is 54. The van der Waals surface area contributed by atoms with Gasteiger partial charge in [0.25, 0.3) is 0 Å². The number of aliphatic hydroxyl groups is 11. The van der Waals surface area contributed by atoms with Crippen LogP contribution in [0.2, 0.25) is 0 Å². The standard InChI is InChI=1S/C69H127NO18/c1-3-5-7-9-11-13-14-15-16-17-18-19-20-21-22-23-24-25-26-27-28-29-30-31-32-33-34-35-36-37-38-39-41-43-45-47-57(75)70-52(53(74)46-44-42-40-12-10-8-6-4-2)51-83-67-63(81)60(78)65(55(49-72)85-67)88-69-64(82)61(79)66(56(50-73)86-69)87-68-62(80)59(77)58(76)54(48-71)84-68/h14-15,17-18,44,46,52-56,58-69,71-74,76-82H,3-13,16,19-43,45,47-51H2,1-2H3,(H,70,75)/b15-14-,18-17-,46-44+. The van der Waals surface area contributed by atoms with Gasteiger partial charge in [-0.1, -0.05) is 243 Å². The molecule has 17 unspecified atom stereocenters. The quantitative estimate of drug-likeness (QED) is 0.0199. The molecule has 0 aliphatic carbocycles. The minimum absolute atomic E-state index is 0.246. The maximum atomic E-state index is 13.3. The van der Waals surface area contributed by atoms with E-state index in [1.54, 1.807) is 6.08 Å². The Hall–Kier alpha value is -1.99. The summed E-state index contributed by atoms with van der Waals surface area (Å²) in [4.78, 5) is 13.3. The van der Waals surface area contributed by atoms with Crippen molar-refractivity contribution in [3.05, 3.63) is 36.5 Å². The van der Waals surface area contributed by atoms with Crippen LogP contribution >= 0.6 is 0 Å². The number of allylic oxidation sites excluding steroid dienone is 5. The number of aliphatic hydroxyl groups excluding tert-OH is 11. The lowest BCUT2D eigenvalue weighted by molar-refractivity contribution is -0.379. The van der Waals surface area contributed by atoms with Gasteiger partial charge < -0.3 is 89.9 Å². The summed E-state index contributed by atoms with van der Waals surface area (Å²) in [7, 11) is 0. The first kappa shape index (κ1) is 80.2. The van der Waals surface area contributed by atoms with Crippen molar-refractivity contribution in [1.29, 1.82) is 0 Å². The molecule has 3 heterocycles. The van der Waals surface area contributed by atoms with Gasteiger partial charge in [0.2, 0.25) is 5.91 Å². The SMILES string of the molecule is CCCCCCC/C=C\C/C=C\CCCCCCCCCCCCCCCCCCCCCCCCCC(=O)NC(COC1OC(CO)C(OC2OC(CO)C(OC3OC(CO)C(O)C(O)C3O)C(O)C2O)C(O)C1O)C(O)/C=C/CCCCCCCC. The Morgan fingerprint density at radius 2 is 0.750 bits per heavy atom. The Morgan fingerprint density at radius 3 is 1.16 bits per heavy atom. The molecule has 0 aromatic carbocycles. The first-order valence-electron chi connectivity index (χ1n) is 35.2. The monoisotopic (exact) mass is 1260 g/mol. The summed E-state index contributed by atoms with van der Waals surface area (Å²) >= 11 is 0. The molecule has 88 heavy (non-hydrogen) atoms. The molecule has 17 atom stereocenters. The Bertz CT molecular complexity index is 1740. The normalized spacial score (nSPS) is 28.6. The molecule has 3 saturated heterocycles. The highest BCUT2D eigenvalue weighted by atomic mass is 16.8. The van der Waals surface area contributed by atoms with Crippen LogP contribution in [0.4, 0.5) is 0 Å². The molecule has 0 saturated carbocycles. The van der Waals surface area contributed by atoms with Crippen LogP contribution in [0.5, 0.6) is 0 Å². The zero-order valence-corrected chi connectivity index (χ0v) is 54.5. The lowest BCUT2D eigenvalue weighted by atomic mass is 9.96. The summed E-state index contributed by atoms with van der Waals surface area (Å²) in [5.41, 5.74) is 0. The number of ether oxygens (including phenoxy) is 6. The second kappa shape index (κ2) is 51.4. The molecule has 516 valence electrons. The fourth-order valence-corrected chi connectivity index (χ4v) is 11.9. The minimum Gasteiger partial charge on any atom is -0.394 e. The van der Waals surface area contributed by atoms with Crippen molar-refractivity contribution < 1.29 is 89.4 Å². The van der Waals surface area contributed by atoms with E-state index < -0.39 is 124 Å². The van der Waals surface area contributed by atoms with Crippen molar-refractivity contribution in [3.63, 3.8) is 0 Å². The van der Waals surface area contributed by atoms with E-state index in [-0.39, 0.29) is 18.9 Å². The van der Waals surface area contributed by atoms with Crippen molar-refractivity contribution in [2.75, 3.05) is 26.4 Å². The van der Waals surface area contributed by atoms with Gasteiger partial charge in [-0.2, -0.15) is 0 Å². The molecule has 1 amide bonds. The maximum Gasteiger partial charge on any atom is 0.220 e. The Balaban J connectivity index is 1.28. The van der Waals surface area contributed by atoms with Crippen molar-refractivity contribution in [3.8, 4) is 0 Å². The first-order valence-corrected chi connectivity index (χ1v) is 35.2. The molecule has 0 spiro atoms. The van der Waals surface area contributed by atoms with E-state index in [0.29, 0.717) is 6.42 Å². The average Bonchev–Trinajstić information content (AvgIpc) is 1.15. The number of carbonyl (C=O) groups excluding carboxylic acids is 1. The van der Waals surface area contributed by atoms with E-state index in [4.69, 9.17) is 28.4 Å². The number of amides is 1. The molecule has 3 aliphatic heterocycles. The van der Waals surface area contributed by atoms with Crippen molar-refractivity contribution in [2.45, 2.75) is 369 Å². The molecule has 3 rings (SSSR count). The van der Waals surface area contributed by atoms with E-state index in [1.807, 2.05) is 6.08 Å². The van der Waals surface area contributed by atoms with Gasteiger partial charge in [0.15, 0.2) is 18.9 Å². The molecule has 19 heteroatoms. The molecule has 12 N–H and O–H groups in total. The van der Waals surface area contributed by atoms with Gasteiger partial charge in [-0.3, -0.25) is 4.79 Å². The van der Waals surface area contributed by atoms with Crippen LogP contribution < -0.4 is 5.32 Å². The van der Waals surface area contributed by atoms with Crippen LogP contribution in [-0.2, 0) is 33.2 Å². The minimum atomic E-state index is -1.98. The predicted molar refractivity (Wildman–Crippen MR) is 342 cm³/mol. The Kier molecular flexibility index (Phi) is 46.9. The van der Waals surface area contributed by atoms with Gasteiger partial charge in [-0.15, -0.1) is 0 Å². The van der Waals surface area contributed by atoms with Crippen LogP contribution in [0.25, 0.3) is 0 Å². The van der Waals surface area contributed by atoms with Gasteiger partial charge in [0.05, 0.1) is 38.6 Å². The van der Waals surface area contributed by atoms with Crippen LogP contribution in [0.3, 0.4) is 0 Å². The Morgan fingerprint density at radius 1 is 0.409 bits per heavy atom. The summed E-state index contributed by atoms with van der Waals surface area (Å²) in [6.45, 7) is 1.67. The number of nitrogens with one attached hydrogen (secondary N) is 1. The van der Waals surface area contributed by atoms with Crippen molar-refractivity contribution in [2.24, 2.45) is 0 Å². The zero-order valence-electron chi connectivity index (χ0n) is 54.5. The summed E-state index contributed by atoms with van der Waals surface area (Å²) in [6, 6.07) is -0.968. The van der Waals surface area contributed by atoms with E-state index in [0.717, 1.165) is 57.8 Å². The van der Waals surface area contributed by atoms with Crippen molar-refractivity contribution >= 4 is 5.91 Å². The highest BCUT2D eigenvalue weighted by Gasteiger charge is 2.53. The zero-order chi connectivity index (χ0) is 64.0. The van der Waals surface area contributed by atoms with Crippen LogP contribution in [0.1, 0.15) is 264 Å². The van der Waals surface area contributed by atoms with Gasteiger partial charge in [-0.25, -0.2) is 0 Å². The third-order valence-electron chi connectivity index (χ3n) is 17.7. The third kappa shape index (κ3) is 33.2. The topological polar surface area (TPSA) is 307 Å². The summed E-state index contributed by atoms with van der Waals surface area (Å²) in [6.07, 6.45) is 33.4. The molecule has 19 nitrogen and oxygen atoms in total. The summed E-state index contributed by atoms with van der Waals surface area (Å²) < 4.78 is 34.2. The molecule has 3 fully saturated rings. The molecular formula is C69H127NO18.